The van der Waals surface area contributed by atoms with Gasteiger partial charge in [-0.15, -0.1) is 0 Å². The van der Waals surface area contributed by atoms with Crippen molar-refractivity contribution in [1.29, 1.82) is 0 Å². The first-order valence-corrected chi connectivity index (χ1v) is 17.7. The summed E-state index contributed by atoms with van der Waals surface area (Å²) < 4.78 is 6.47. The van der Waals surface area contributed by atoms with Crippen LogP contribution in [0.15, 0.2) is 180 Å². The fourth-order valence-electron chi connectivity index (χ4n) is 8.31. The van der Waals surface area contributed by atoms with Crippen molar-refractivity contribution in [2.24, 2.45) is 0 Å². The third-order valence-electron chi connectivity index (χ3n) is 10.9. The molecule has 1 heterocycles. The van der Waals surface area contributed by atoms with Crippen molar-refractivity contribution < 1.29 is 4.42 Å². The first-order valence-electron chi connectivity index (χ1n) is 17.7. The molecule has 1 aromatic heterocycles. The first kappa shape index (κ1) is 29.5. The Morgan fingerprint density at radius 2 is 1.08 bits per heavy atom. The van der Waals surface area contributed by atoms with E-state index in [1.165, 1.54) is 55.3 Å². The third-order valence-corrected chi connectivity index (χ3v) is 10.9. The number of nitrogens with zero attached hydrogens (tertiary/aromatic N) is 1. The summed E-state index contributed by atoms with van der Waals surface area (Å²) in [5.74, 6) is 0. The molecule has 0 amide bonds. The smallest absolute Gasteiger partial charge is 0.136 e. The summed E-state index contributed by atoms with van der Waals surface area (Å²) in [5.41, 5.74) is 15.1. The van der Waals surface area contributed by atoms with Crippen LogP contribution in [0.4, 0.5) is 17.1 Å². The average molecular weight is 654 g/mol. The Bertz CT molecular complexity index is 2760. The Hall–Kier alpha value is -6.38. The summed E-state index contributed by atoms with van der Waals surface area (Å²) >= 11 is 0. The third kappa shape index (κ3) is 4.64. The van der Waals surface area contributed by atoms with Crippen molar-refractivity contribution in [1.82, 2.24) is 0 Å². The van der Waals surface area contributed by atoms with Crippen LogP contribution in [0.1, 0.15) is 25.0 Å². The average Bonchev–Trinajstić information content (AvgIpc) is 3.67. The first-order chi connectivity index (χ1) is 25.0. The molecule has 51 heavy (non-hydrogen) atoms. The second kappa shape index (κ2) is 11.3. The van der Waals surface area contributed by atoms with E-state index in [2.05, 4.69) is 195 Å². The van der Waals surface area contributed by atoms with Crippen molar-refractivity contribution in [3.8, 4) is 33.4 Å². The zero-order valence-electron chi connectivity index (χ0n) is 28.6. The molecule has 0 fully saturated rings. The molecule has 10 rings (SSSR count). The number of rotatable bonds is 5. The lowest BCUT2D eigenvalue weighted by molar-refractivity contribution is 0.660. The van der Waals surface area contributed by atoms with Gasteiger partial charge in [0.25, 0.3) is 0 Å². The molecule has 0 unspecified atom stereocenters. The van der Waals surface area contributed by atoms with Crippen molar-refractivity contribution in [3.63, 3.8) is 0 Å². The zero-order chi connectivity index (χ0) is 34.1. The quantitative estimate of drug-likeness (QED) is 0.184. The lowest BCUT2D eigenvalue weighted by Gasteiger charge is -2.30. The summed E-state index contributed by atoms with van der Waals surface area (Å²) in [4.78, 5) is 2.44. The van der Waals surface area contributed by atoms with Crippen LogP contribution in [0.5, 0.6) is 0 Å². The van der Waals surface area contributed by atoms with E-state index in [4.69, 9.17) is 4.42 Å². The van der Waals surface area contributed by atoms with Crippen molar-refractivity contribution >= 4 is 49.8 Å². The molecule has 0 saturated heterocycles. The number of furan rings is 1. The monoisotopic (exact) mass is 653 g/mol. The van der Waals surface area contributed by atoms with E-state index in [1.54, 1.807) is 0 Å². The van der Waals surface area contributed by atoms with Crippen molar-refractivity contribution in [2.75, 3.05) is 4.90 Å². The SMILES string of the molecule is CC1(C)c2ccccc2-c2cc(-c3ccccc3)c(N(c3ccc(-c4ccccc4)cc3)c3ccc4oc5ccc6ccccc6c5c4c3)cc21. The van der Waals surface area contributed by atoms with Crippen LogP contribution in [-0.4, -0.2) is 0 Å². The second-order valence-corrected chi connectivity index (χ2v) is 14.1. The fourth-order valence-corrected chi connectivity index (χ4v) is 8.31. The zero-order valence-corrected chi connectivity index (χ0v) is 28.6. The number of fused-ring (bicyclic) bond motifs is 8. The van der Waals surface area contributed by atoms with Gasteiger partial charge in [-0.1, -0.05) is 141 Å². The molecular weight excluding hydrogens is 619 g/mol. The van der Waals surface area contributed by atoms with Gasteiger partial charge in [0.15, 0.2) is 0 Å². The molecule has 2 nitrogen and oxygen atoms in total. The largest absolute Gasteiger partial charge is 0.456 e. The van der Waals surface area contributed by atoms with E-state index in [9.17, 15) is 0 Å². The van der Waals surface area contributed by atoms with Crippen LogP contribution in [0.3, 0.4) is 0 Å². The molecular formula is C49H35NO. The van der Waals surface area contributed by atoms with E-state index >= 15 is 0 Å². The Balaban J connectivity index is 1.26. The van der Waals surface area contributed by atoms with E-state index in [-0.39, 0.29) is 5.41 Å². The van der Waals surface area contributed by atoms with Gasteiger partial charge in [-0.05, 0) is 98.2 Å². The predicted octanol–water partition coefficient (Wildman–Crippen LogP) is 13.8. The minimum atomic E-state index is -0.150. The number of hydrogen-bond acceptors (Lipinski definition) is 2. The highest BCUT2D eigenvalue weighted by atomic mass is 16.3. The molecule has 2 heteroatoms. The number of anilines is 3. The Morgan fingerprint density at radius 3 is 1.88 bits per heavy atom. The molecule has 0 saturated carbocycles. The van der Waals surface area contributed by atoms with E-state index in [0.29, 0.717) is 0 Å². The molecule has 0 atom stereocenters. The maximum absolute atomic E-state index is 6.47. The Labute approximate surface area is 297 Å². The highest BCUT2D eigenvalue weighted by Gasteiger charge is 2.37. The van der Waals surface area contributed by atoms with Gasteiger partial charge in [-0.3, -0.25) is 0 Å². The molecule has 9 aromatic rings. The maximum atomic E-state index is 6.47. The normalized spacial score (nSPS) is 13.1. The van der Waals surface area contributed by atoms with Crippen LogP contribution >= 0.6 is 0 Å². The van der Waals surface area contributed by atoms with Gasteiger partial charge in [-0.25, -0.2) is 0 Å². The lowest BCUT2D eigenvalue weighted by atomic mass is 9.81. The van der Waals surface area contributed by atoms with Crippen LogP contribution in [0.2, 0.25) is 0 Å². The minimum absolute atomic E-state index is 0.150. The molecule has 0 aliphatic heterocycles. The molecule has 0 radical (unpaired) electrons. The highest BCUT2D eigenvalue weighted by molar-refractivity contribution is 6.19. The van der Waals surface area contributed by atoms with Gasteiger partial charge < -0.3 is 9.32 Å². The maximum Gasteiger partial charge on any atom is 0.136 e. The second-order valence-electron chi connectivity index (χ2n) is 14.1. The summed E-state index contributed by atoms with van der Waals surface area (Å²) in [6.07, 6.45) is 0. The number of benzene rings is 8. The van der Waals surface area contributed by atoms with Crippen molar-refractivity contribution in [2.45, 2.75) is 19.3 Å². The summed E-state index contributed by atoms with van der Waals surface area (Å²) in [5, 5.41) is 4.67. The fraction of sp³-hybridized carbons (Fsp3) is 0.0612. The van der Waals surface area contributed by atoms with Gasteiger partial charge in [0.1, 0.15) is 11.2 Å². The van der Waals surface area contributed by atoms with Crippen LogP contribution in [-0.2, 0) is 5.41 Å². The number of hydrogen-bond donors (Lipinski definition) is 0. The Kier molecular flexibility index (Phi) is 6.56. The topological polar surface area (TPSA) is 16.4 Å². The molecule has 8 aromatic carbocycles. The molecule has 0 N–H and O–H groups in total. The molecule has 1 aliphatic carbocycles. The molecule has 0 bridgehead atoms. The predicted molar refractivity (Wildman–Crippen MR) is 214 cm³/mol. The van der Waals surface area contributed by atoms with Crippen LogP contribution in [0, 0.1) is 0 Å². The van der Waals surface area contributed by atoms with Crippen LogP contribution in [0.25, 0.3) is 66.1 Å². The molecule has 242 valence electrons. The highest BCUT2D eigenvalue weighted by Crippen LogP contribution is 2.53. The summed E-state index contributed by atoms with van der Waals surface area (Å²) in [6, 6.07) is 63.7. The summed E-state index contributed by atoms with van der Waals surface area (Å²) in [7, 11) is 0. The van der Waals surface area contributed by atoms with Gasteiger partial charge >= 0.3 is 0 Å². The van der Waals surface area contributed by atoms with Crippen molar-refractivity contribution in [3.05, 3.63) is 187 Å². The van der Waals surface area contributed by atoms with Crippen LogP contribution < -0.4 is 4.90 Å². The minimum Gasteiger partial charge on any atom is -0.456 e. The molecule has 1 aliphatic rings. The standard InChI is InChI=1S/C49H35NO/c1-49(2)43-20-12-11-19-39(43)41-30-40(34-15-7-4-8-16-34)45(31-44(41)49)50(36-24-21-33(22-25-36)32-13-5-3-6-14-32)37-26-28-46-42(29-37)48-38-18-10-9-17-35(38)23-27-47(48)51-46/h3-31H,1-2H3. The van der Waals surface area contributed by atoms with Gasteiger partial charge in [-0.2, -0.15) is 0 Å². The van der Waals surface area contributed by atoms with E-state index < -0.39 is 0 Å². The van der Waals surface area contributed by atoms with E-state index in [0.717, 1.165) is 39.0 Å². The van der Waals surface area contributed by atoms with Gasteiger partial charge in [0.2, 0.25) is 0 Å². The van der Waals surface area contributed by atoms with E-state index in [1.807, 2.05) is 0 Å². The molecule has 0 spiro atoms. The lowest BCUT2D eigenvalue weighted by Crippen LogP contribution is -2.17. The summed E-state index contributed by atoms with van der Waals surface area (Å²) in [6.45, 7) is 4.72. The Morgan fingerprint density at radius 1 is 0.431 bits per heavy atom. The van der Waals surface area contributed by atoms with Gasteiger partial charge in [0, 0.05) is 33.1 Å². The van der Waals surface area contributed by atoms with Gasteiger partial charge in [0.05, 0.1) is 5.69 Å².